The summed E-state index contributed by atoms with van der Waals surface area (Å²) in [6, 6.07) is -0.00556. The highest BCUT2D eigenvalue weighted by molar-refractivity contribution is 5.78. The molecule has 0 aromatic rings. The molecule has 5 nitrogen and oxygen atoms in total. The van der Waals surface area contributed by atoms with Gasteiger partial charge in [-0.15, -0.1) is 0 Å². The molecule has 0 bridgehead atoms. The van der Waals surface area contributed by atoms with Crippen LogP contribution in [0, 0.1) is 0 Å². The molecule has 3 atom stereocenters. The number of aliphatic hydroxyl groups excluding tert-OH is 2. The van der Waals surface area contributed by atoms with Crippen molar-refractivity contribution in [1.82, 2.24) is 5.32 Å². The summed E-state index contributed by atoms with van der Waals surface area (Å²) < 4.78 is 0. The monoisotopic (exact) mass is 188 g/mol. The van der Waals surface area contributed by atoms with Gasteiger partial charge in [0.1, 0.15) is 6.10 Å². The molecular formula is C8H16N2O3. The molecule has 1 unspecified atom stereocenters. The van der Waals surface area contributed by atoms with E-state index in [0.29, 0.717) is 0 Å². The third-order valence-electron chi connectivity index (χ3n) is 2.38. The van der Waals surface area contributed by atoms with Gasteiger partial charge >= 0.3 is 0 Å². The van der Waals surface area contributed by atoms with Gasteiger partial charge < -0.3 is 21.3 Å². The van der Waals surface area contributed by atoms with Crippen molar-refractivity contribution in [3.8, 4) is 0 Å². The molecule has 0 heterocycles. The standard InChI is InChI=1S/C8H16N2O3/c9-8(13)7(12)4-10-5-2-1-3-6(5)11/h5-7,10-12H,1-4H2,(H2,9,13)/t5-,6-,7?/m1/s1. The van der Waals surface area contributed by atoms with Gasteiger partial charge in [0.25, 0.3) is 0 Å². The molecular weight excluding hydrogens is 172 g/mol. The van der Waals surface area contributed by atoms with Crippen LogP contribution in [0.25, 0.3) is 0 Å². The number of nitrogens with one attached hydrogen (secondary N) is 1. The summed E-state index contributed by atoms with van der Waals surface area (Å²) in [5, 5.41) is 21.3. The van der Waals surface area contributed by atoms with Gasteiger partial charge in [-0.1, -0.05) is 0 Å². The van der Waals surface area contributed by atoms with Crippen molar-refractivity contribution in [2.75, 3.05) is 6.54 Å². The van der Waals surface area contributed by atoms with Crippen LogP contribution in [-0.4, -0.2) is 40.9 Å². The van der Waals surface area contributed by atoms with E-state index in [1.807, 2.05) is 0 Å². The highest BCUT2D eigenvalue weighted by Gasteiger charge is 2.25. The first-order valence-electron chi connectivity index (χ1n) is 4.50. The predicted octanol–water partition coefficient (Wildman–Crippen LogP) is -1.66. The summed E-state index contributed by atoms with van der Waals surface area (Å²) in [5.74, 6) is -0.736. The third-order valence-corrected chi connectivity index (χ3v) is 2.38. The molecule has 1 amide bonds. The molecule has 0 aliphatic heterocycles. The quantitative estimate of drug-likeness (QED) is 0.424. The zero-order chi connectivity index (χ0) is 9.84. The minimum atomic E-state index is -1.16. The highest BCUT2D eigenvalue weighted by Crippen LogP contribution is 2.18. The van der Waals surface area contributed by atoms with Gasteiger partial charge in [-0.3, -0.25) is 4.79 Å². The van der Waals surface area contributed by atoms with Gasteiger partial charge in [-0.05, 0) is 19.3 Å². The maximum atomic E-state index is 10.5. The number of aliphatic hydroxyl groups is 2. The van der Waals surface area contributed by atoms with E-state index < -0.39 is 12.0 Å². The maximum Gasteiger partial charge on any atom is 0.247 e. The first kappa shape index (κ1) is 10.4. The van der Waals surface area contributed by atoms with E-state index in [1.54, 1.807) is 0 Å². The van der Waals surface area contributed by atoms with E-state index in [-0.39, 0.29) is 18.7 Å². The van der Waals surface area contributed by atoms with Crippen LogP contribution in [0.5, 0.6) is 0 Å². The molecule has 1 aliphatic rings. The number of amides is 1. The summed E-state index contributed by atoms with van der Waals surface area (Å²) >= 11 is 0. The Bertz CT molecular complexity index is 186. The van der Waals surface area contributed by atoms with E-state index in [9.17, 15) is 9.90 Å². The average molecular weight is 188 g/mol. The van der Waals surface area contributed by atoms with Crippen LogP contribution >= 0.6 is 0 Å². The fourth-order valence-corrected chi connectivity index (χ4v) is 1.54. The maximum absolute atomic E-state index is 10.5. The number of carbonyl (C=O) groups excluding carboxylic acids is 1. The summed E-state index contributed by atoms with van der Waals surface area (Å²) in [7, 11) is 0. The second kappa shape index (κ2) is 4.55. The number of hydrogen-bond donors (Lipinski definition) is 4. The Morgan fingerprint density at radius 1 is 1.62 bits per heavy atom. The lowest BCUT2D eigenvalue weighted by Gasteiger charge is -2.17. The molecule has 1 fully saturated rings. The molecule has 0 aromatic heterocycles. The molecule has 0 spiro atoms. The van der Waals surface area contributed by atoms with Crippen molar-refractivity contribution in [2.24, 2.45) is 5.73 Å². The van der Waals surface area contributed by atoms with E-state index in [2.05, 4.69) is 5.32 Å². The van der Waals surface area contributed by atoms with Gasteiger partial charge in [-0.2, -0.15) is 0 Å². The van der Waals surface area contributed by atoms with Crippen molar-refractivity contribution >= 4 is 5.91 Å². The molecule has 1 aliphatic carbocycles. The number of rotatable bonds is 4. The minimum Gasteiger partial charge on any atom is -0.392 e. The summed E-state index contributed by atoms with van der Waals surface area (Å²) in [6.07, 6.45) is 1.12. The molecule has 0 aromatic carbocycles. The second-order valence-corrected chi connectivity index (χ2v) is 3.43. The van der Waals surface area contributed by atoms with E-state index in [4.69, 9.17) is 10.8 Å². The zero-order valence-electron chi connectivity index (χ0n) is 7.44. The Labute approximate surface area is 76.9 Å². The van der Waals surface area contributed by atoms with Crippen molar-refractivity contribution in [1.29, 1.82) is 0 Å². The average Bonchev–Trinajstić information content (AvgIpc) is 2.47. The first-order chi connectivity index (χ1) is 6.11. The number of nitrogens with two attached hydrogens (primary N) is 1. The lowest BCUT2D eigenvalue weighted by molar-refractivity contribution is -0.125. The Morgan fingerprint density at radius 3 is 2.77 bits per heavy atom. The van der Waals surface area contributed by atoms with Gasteiger partial charge in [0.15, 0.2) is 0 Å². The topological polar surface area (TPSA) is 95.6 Å². The lowest BCUT2D eigenvalue weighted by atomic mass is 10.2. The van der Waals surface area contributed by atoms with Gasteiger partial charge in [0, 0.05) is 12.6 Å². The number of carbonyl (C=O) groups is 1. The van der Waals surface area contributed by atoms with Crippen molar-refractivity contribution < 1.29 is 15.0 Å². The van der Waals surface area contributed by atoms with Gasteiger partial charge in [-0.25, -0.2) is 0 Å². The second-order valence-electron chi connectivity index (χ2n) is 3.43. The van der Waals surface area contributed by atoms with E-state index in [0.717, 1.165) is 19.3 Å². The predicted molar refractivity (Wildman–Crippen MR) is 46.8 cm³/mol. The molecule has 1 saturated carbocycles. The molecule has 13 heavy (non-hydrogen) atoms. The molecule has 1 rings (SSSR count). The molecule has 0 saturated heterocycles. The van der Waals surface area contributed by atoms with Crippen LogP contribution in [-0.2, 0) is 4.79 Å². The Morgan fingerprint density at radius 2 is 2.31 bits per heavy atom. The van der Waals surface area contributed by atoms with Crippen LogP contribution in [0.4, 0.5) is 0 Å². The van der Waals surface area contributed by atoms with Crippen molar-refractivity contribution in [3.05, 3.63) is 0 Å². The van der Waals surface area contributed by atoms with Crippen LogP contribution in [0.3, 0.4) is 0 Å². The van der Waals surface area contributed by atoms with Crippen molar-refractivity contribution in [3.63, 3.8) is 0 Å². The van der Waals surface area contributed by atoms with Gasteiger partial charge in [0.05, 0.1) is 6.10 Å². The summed E-state index contributed by atoms with van der Waals surface area (Å²) in [4.78, 5) is 10.5. The largest absolute Gasteiger partial charge is 0.392 e. The fraction of sp³-hybridized carbons (Fsp3) is 0.875. The van der Waals surface area contributed by atoms with Gasteiger partial charge in [0.2, 0.25) is 5.91 Å². The van der Waals surface area contributed by atoms with E-state index in [1.165, 1.54) is 0 Å². The van der Waals surface area contributed by atoms with Crippen LogP contribution in [0.15, 0.2) is 0 Å². The Kier molecular flexibility index (Phi) is 3.65. The number of hydrogen-bond acceptors (Lipinski definition) is 4. The minimum absolute atomic E-state index is 0.00556. The Hall–Kier alpha value is -0.650. The third kappa shape index (κ3) is 2.95. The van der Waals surface area contributed by atoms with Crippen molar-refractivity contribution in [2.45, 2.75) is 37.5 Å². The molecule has 5 N–H and O–H groups in total. The molecule has 0 radical (unpaired) electrons. The van der Waals surface area contributed by atoms with Crippen LogP contribution in [0.1, 0.15) is 19.3 Å². The zero-order valence-corrected chi connectivity index (χ0v) is 7.44. The molecule has 5 heteroatoms. The SMILES string of the molecule is NC(=O)C(O)CN[C@@H]1CCC[C@H]1O. The Balaban J connectivity index is 2.22. The summed E-state index contributed by atoms with van der Waals surface area (Å²) in [5.41, 5.74) is 4.86. The highest BCUT2D eigenvalue weighted by atomic mass is 16.3. The first-order valence-corrected chi connectivity index (χ1v) is 4.50. The smallest absolute Gasteiger partial charge is 0.247 e. The number of primary amides is 1. The van der Waals surface area contributed by atoms with E-state index >= 15 is 0 Å². The normalized spacial score (nSPS) is 30.3. The summed E-state index contributed by atoms with van der Waals surface area (Å²) in [6.45, 7) is 0.122. The van der Waals surface area contributed by atoms with Crippen LogP contribution in [0.2, 0.25) is 0 Å². The molecule has 76 valence electrons. The fourth-order valence-electron chi connectivity index (χ4n) is 1.54. The lowest BCUT2D eigenvalue weighted by Crippen LogP contribution is -2.44. The van der Waals surface area contributed by atoms with Crippen LogP contribution < -0.4 is 11.1 Å².